The largest absolute Gasteiger partial charge is 0.494 e. The van der Waals surface area contributed by atoms with E-state index in [1.807, 2.05) is 26.0 Å². The van der Waals surface area contributed by atoms with Crippen LogP contribution in [0, 0.1) is 24.0 Å². The number of ether oxygens (including phenoxy) is 2. The van der Waals surface area contributed by atoms with E-state index in [4.69, 9.17) is 9.47 Å². The minimum Gasteiger partial charge on any atom is -0.494 e. The van der Waals surface area contributed by atoms with Crippen LogP contribution in [0.2, 0.25) is 0 Å². The molecule has 0 saturated carbocycles. The van der Waals surface area contributed by atoms with Crippen molar-refractivity contribution in [3.8, 4) is 11.5 Å². The Labute approximate surface area is 153 Å². The maximum atomic E-state index is 12.1. The van der Waals surface area contributed by atoms with Crippen molar-refractivity contribution in [3.63, 3.8) is 0 Å². The van der Waals surface area contributed by atoms with Crippen LogP contribution >= 0.6 is 15.9 Å². The summed E-state index contributed by atoms with van der Waals surface area (Å²) in [5.74, 6) is 0.396. The maximum Gasteiger partial charge on any atom is 0.273 e. The number of anilines is 1. The van der Waals surface area contributed by atoms with Crippen molar-refractivity contribution in [3.05, 3.63) is 56.0 Å². The number of rotatable bonds is 6. The van der Waals surface area contributed by atoms with E-state index in [0.717, 1.165) is 15.6 Å². The van der Waals surface area contributed by atoms with E-state index in [1.54, 1.807) is 0 Å². The fourth-order valence-electron chi connectivity index (χ4n) is 2.22. The maximum absolute atomic E-state index is 12.1. The molecule has 0 bridgehead atoms. The predicted molar refractivity (Wildman–Crippen MR) is 97.4 cm³/mol. The van der Waals surface area contributed by atoms with Crippen LogP contribution in [0.25, 0.3) is 0 Å². The molecule has 2 aromatic carbocycles. The molecule has 0 spiro atoms. The van der Waals surface area contributed by atoms with Gasteiger partial charge in [0.1, 0.15) is 11.5 Å². The van der Waals surface area contributed by atoms with Gasteiger partial charge in [-0.05, 0) is 43.2 Å². The van der Waals surface area contributed by atoms with Crippen molar-refractivity contribution in [2.75, 3.05) is 19.0 Å². The zero-order chi connectivity index (χ0) is 18.6. The van der Waals surface area contributed by atoms with Gasteiger partial charge in [0.05, 0.1) is 23.8 Å². The molecule has 132 valence electrons. The Morgan fingerprint density at radius 3 is 2.44 bits per heavy atom. The molecule has 0 fully saturated rings. The van der Waals surface area contributed by atoms with Gasteiger partial charge >= 0.3 is 0 Å². The molecule has 0 aliphatic carbocycles. The standard InChI is InChI=1S/C17H17BrN2O5/c1-10-6-13(7-11(2)17(10)18)25-9-16(21)19-14-5-4-12(20(22)23)8-15(14)24-3/h4-8H,9H2,1-3H3,(H,19,21). The number of nitro groups is 1. The minimum atomic E-state index is -0.532. The Morgan fingerprint density at radius 1 is 1.24 bits per heavy atom. The third-order valence-corrected chi connectivity index (χ3v) is 4.70. The number of nitro benzene ring substituents is 1. The van der Waals surface area contributed by atoms with Gasteiger partial charge < -0.3 is 14.8 Å². The first-order valence-electron chi connectivity index (χ1n) is 7.33. The smallest absolute Gasteiger partial charge is 0.273 e. The number of methoxy groups -OCH3 is 1. The highest BCUT2D eigenvalue weighted by atomic mass is 79.9. The number of benzene rings is 2. The van der Waals surface area contributed by atoms with E-state index in [9.17, 15) is 14.9 Å². The van der Waals surface area contributed by atoms with Crippen molar-refractivity contribution in [2.24, 2.45) is 0 Å². The van der Waals surface area contributed by atoms with Crippen molar-refractivity contribution in [2.45, 2.75) is 13.8 Å². The highest BCUT2D eigenvalue weighted by Gasteiger charge is 2.14. The third-order valence-electron chi connectivity index (χ3n) is 3.45. The monoisotopic (exact) mass is 408 g/mol. The number of aryl methyl sites for hydroxylation is 2. The molecule has 25 heavy (non-hydrogen) atoms. The number of hydrogen-bond donors (Lipinski definition) is 1. The van der Waals surface area contributed by atoms with Gasteiger partial charge in [-0.25, -0.2) is 0 Å². The molecule has 7 nitrogen and oxygen atoms in total. The van der Waals surface area contributed by atoms with Crippen LogP contribution in [-0.4, -0.2) is 24.5 Å². The lowest BCUT2D eigenvalue weighted by Gasteiger charge is -2.12. The van der Waals surface area contributed by atoms with Crippen molar-refractivity contribution in [1.29, 1.82) is 0 Å². The summed E-state index contributed by atoms with van der Waals surface area (Å²) in [5.41, 5.74) is 2.23. The lowest BCUT2D eigenvalue weighted by molar-refractivity contribution is -0.384. The summed E-state index contributed by atoms with van der Waals surface area (Å²) < 4.78 is 11.6. The summed E-state index contributed by atoms with van der Waals surface area (Å²) in [7, 11) is 1.37. The molecule has 0 unspecified atom stereocenters. The number of amides is 1. The molecule has 2 aromatic rings. The summed E-state index contributed by atoms with van der Waals surface area (Å²) >= 11 is 3.47. The van der Waals surface area contributed by atoms with Crippen molar-refractivity contribution >= 4 is 33.2 Å². The van der Waals surface area contributed by atoms with E-state index >= 15 is 0 Å². The van der Waals surface area contributed by atoms with Crippen molar-refractivity contribution < 1.29 is 19.2 Å². The van der Waals surface area contributed by atoms with E-state index < -0.39 is 10.8 Å². The fourth-order valence-corrected chi connectivity index (χ4v) is 2.45. The van der Waals surface area contributed by atoms with Gasteiger partial charge in [-0.15, -0.1) is 0 Å². The van der Waals surface area contributed by atoms with Gasteiger partial charge in [-0.2, -0.15) is 0 Å². The summed E-state index contributed by atoms with van der Waals surface area (Å²) in [6.45, 7) is 3.68. The highest BCUT2D eigenvalue weighted by Crippen LogP contribution is 2.29. The number of carbonyl (C=O) groups is 1. The van der Waals surface area contributed by atoms with Gasteiger partial charge in [0.2, 0.25) is 0 Å². The molecule has 0 aromatic heterocycles. The van der Waals surface area contributed by atoms with E-state index in [-0.39, 0.29) is 18.0 Å². The Bertz CT molecular complexity index is 800. The molecule has 0 aliphatic rings. The Balaban J connectivity index is 2.04. The van der Waals surface area contributed by atoms with Crippen LogP contribution in [0.15, 0.2) is 34.8 Å². The first kappa shape index (κ1) is 18.7. The topological polar surface area (TPSA) is 90.7 Å². The number of halogens is 1. The van der Waals surface area contributed by atoms with Gasteiger partial charge in [-0.1, -0.05) is 15.9 Å². The van der Waals surface area contributed by atoms with Gasteiger partial charge in [0.25, 0.3) is 11.6 Å². The molecule has 0 atom stereocenters. The Morgan fingerprint density at radius 2 is 1.88 bits per heavy atom. The van der Waals surface area contributed by atoms with E-state index in [2.05, 4.69) is 21.2 Å². The zero-order valence-corrected chi connectivity index (χ0v) is 15.5. The SMILES string of the molecule is COc1cc([N+](=O)[O-])ccc1NC(=O)COc1cc(C)c(Br)c(C)c1. The summed E-state index contributed by atoms with van der Waals surface area (Å²) in [6, 6.07) is 7.62. The van der Waals surface area contributed by atoms with Crippen LogP contribution in [0.5, 0.6) is 11.5 Å². The Kier molecular flexibility index (Phi) is 5.97. The van der Waals surface area contributed by atoms with E-state index in [1.165, 1.54) is 25.3 Å². The predicted octanol–water partition coefficient (Wildman–Crippen LogP) is 4.00. The van der Waals surface area contributed by atoms with Crippen molar-refractivity contribution in [1.82, 2.24) is 0 Å². The summed E-state index contributed by atoms with van der Waals surface area (Å²) in [4.78, 5) is 22.3. The van der Waals surface area contributed by atoms with Crippen LogP contribution in [-0.2, 0) is 4.79 Å². The first-order chi connectivity index (χ1) is 11.8. The fraction of sp³-hybridized carbons (Fsp3) is 0.235. The highest BCUT2D eigenvalue weighted by molar-refractivity contribution is 9.10. The molecule has 0 aliphatic heterocycles. The number of nitrogens with zero attached hydrogens (tertiary/aromatic N) is 1. The van der Waals surface area contributed by atoms with Crippen LogP contribution in [0.1, 0.15) is 11.1 Å². The normalized spacial score (nSPS) is 10.2. The lowest BCUT2D eigenvalue weighted by atomic mass is 10.1. The number of hydrogen-bond acceptors (Lipinski definition) is 5. The summed E-state index contributed by atoms with van der Waals surface area (Å²) in [6.07, 6.45) is 0. The van der Waals surface area contributed by atoms with Crippen LogP contribution < -0.4 is 14.8 Å². The first-order valence-corrected chi connectivity index (χ1v) is 8.13. The molecule has 0 radical (unpaired) electrons. The summed E-state index contributed by atoms with van der Waals surface area (Å²) in [5, 5.41) is 13.4. The van der Waals surface area contributed by atoms with Gasteiger partial charge in [0.15, 0.2) is 6.61 Å². The molecule has 1 amide bonds. The molecule has 1 N–H and O–H groups in total. The number of carbonyl (C=O) groups excluding carboxylic acids is 1. The number of non-ortho nitro benzene ring substituents is 1. The van der Waals surface area contributed by atoms with Crippen LogP contribution in [0.4, 0.5) is 11.4 Å². The molecule has 8 heteroatoms. The quantitative estimate of drug-likeness (QED) is 0.575. The second-order valence-corrected chi connectivity index (χ2v) is 6.14. The van der Waals surface area contributed by atoms with Crippen LogP contribution in [0.3, 0.4) is 0 Å². The van der Waals surface area contributed by atoms with E-state index in [0.29, 0.717) is 11.4 Å². The molecule has 0 heterocycles. The van der Waals surface area contributed by atoms with Gasteiger partial charge in [-0.3, -0.25) is 14.9 Å². The average molecular weight is 409 g/mol. The molecule has 2 rings (SSSR count). The lowest BCUT2D eigenvalue weighted by Crippen LogP contribution is -2.20. The number of nitrogens with one attached hydrogen (secondary N) is 1. The molecule has 0 saturated heterocycles. The average Bonchev–Trinajstić information content (AvgIpc) is 2.57. The van der Waals surface area contributed by atoms with Gasteiger partial charge in [0, 0.05) is 10.5 Å². The third kappa shape index (κ3) is 4.69. The second-order valence-electron chi connectivity index (χ2n) is 5.35. The molecular weight excluding hydrogens is 392 g/mol. The minimum absolute atomic E-state index is 0.119. The second kappa shape index (κ2) is 7.98. The Hall–Kier alpha value is -2.61. The zero-order valence-electron chi connectivity index (χ0n) is 14.0. The molecular formula is C17H17BrN2O5.